The van der Waals surface area contributed by atoms with E-state index in [0.29, 0.717) is 17.9 Å². The van der Waals surface area contributed by atoms with Crippen LogP contribution in [0.25, 0.3) is 0 Å². The highest BCUT2D eigenvalue weighted by molar-refractivity contribution is 7.10. The Hall–Kier alpha value is -1.75. The molecule has 0 aliphatic carbocycles. The molecular weight excluding hydrogens is 251 g/mol. The molecule has 0 amide bonds. The molecule has 3 N–H and O–H groups in total. The molecule has 1 heterocycles. The molecular formula is C13H15FN2OS. The van der Waals surface area contributed by atoms with Crippen molar-refractivity contribution in [2.75, 3.05) is 18.2 Å². The molecule has 0 fully saturated rings. The van der Waals surface area contributed by atoms with Crippen molar-refractivity contribution in [1.82, 2.24) is 0 Å². The molecule has 18 heavy (non-hydrogen) atoms. The van der Waals surface area contributed by atoms with Crippen LogP contribution in [0.3, 0.4) is 0 Å². The molecule has 0 radical (unpaired) electrons. The topological polar surface area (TPSA) is 47.3 Å². The quantitative estimate of drug-likeness (QED) is 0.834. The number of ether oxygens (including phenoxy) is 1. The van der Waals surface area contributed by atoms with E-state index in [1.807, 2.05) is 5.38 Å². The number of nitrogens with one attached hydrogen (secondary N) is 1. The monoisotopic (exact) mass is 266 g/mol. The lowest BCUT2D eigenvalue weighted by Gasteiger charge is -2.11. The van der Waals surface area contributed by atoms with Crippen molar-refractivity contribution in [1.29, 1.82) is 0 Å². The number of benzene rings is 1. The first-order valence-electron chi connectivity index (χ1n) is 5.51. The van der Waals surface area contributed by atoms with Gasteiger partial charge in [0, 0.05) is 23.6 Å². The maximum Gasteiger partial charge on any atom is 0.167 e. The first kappa shape index (κ1) is 12.7. The number of nitrogens with two attached hydrogens (primary N) is 1. The maximum atomic E-state index is 13.4. The Morgan fingerprint density at radius 2 is 2.22 bits per heavy atom. The zero-order chi connectivity index (χ0) is 13.1. The maximum absolute atomic E-state index is 13.4. The first-order valence-corrected chi connectivity index (χ1v) is 6.39. The van der Waals surface area contributed by atoms with Gasteiger partial charge in [-0.2, -0.15) is 0 Å². The summed E-state index contributed by atoms with van der Waals surface area (Å²) in [6, 6.07) is 4.91. The lowest BCUT2D eigenvalue weighted by atomic mass is 10.2. The lowest BCUT2D eigenvalue weighted by molar-refractivity contribution is 0.387. The van der Waals surface area contributed by atoms with Crippen molar-refractivity contribution in [2.24, 2.45) is 0 Å². The Morgan fingerprint density at radius 3 is 2.83 bits per heavy atom. The van der Waals surface area contributed by atoms with Crippen LogP contribution in [0.15, 0.2) is 23.6 Å². The fourth-order valence-electron chi connectivity index (χ4n) is 1.64. The molecule has 2 rings (SSSR count). The number of hydrogen-bond donors (Lipinski definition) is 2. The average molecular weight is 266 g/mol. The number of aryl methyl sites for hydroxylation is 1. The molecule has 1 aromatic heterocycles. The van der Waals surface area contributed by atoms with Crippen molar-refractivity contribution in [3.05, 3.63) is 39.8 Å². The molecule has 1 aromatic carbocycles. The summed E-state index contributed by atoms with van der Waals surface area (Å²) in [4.78, 5) is 1.23. The van der Waals surface area contributed by atoms with Crippen molar-refractivity contribution < 1.29 is 9.13 Å². The minimum atomic E-state index is -0.451. The number of hydrogen-bond acceptors (Lipinski definition) is 4. The first-order chi connectivity index (χ1) is 8.61. The minimum absolute atomic E-state index is 0.189. The highest BCUT2D eigenvalue weighted by atomic mass is 32.1. The molecule has 5 heteroatoms. The van der Waals surface area contributed by atoms with Crippen LogP contribution in [-0.2, 0) is 6.54 Å². The van der Waals surface area contributed by atoms with Crippen LogP contribution in [0.2, 0.25) is 0 Å². The normalized spacial score (nSPS) is 10.4. The minimum Gasteiger partial charge on any atom is -0.494 e. The Bertz CT molecular complexity index is 554. The second kappa shape index (κ2) is 5.27. The lowest BCUT2D eigenvalue weighted by Crippen LogP contribution is -2.03. The standard InChI is InChI=1S/C13H15FN2OS/c1-8-3-4-18-13(8)7-16-11-6-12(17-2)9(14)5-10(11)15/h3-6,16H,7,15H2,1-2H3. The van der Waals surface area contributed by atoms with Crippen LogP contribution in [0.1, 0.15) is 10.4 Å². The summed E-state index contributed by atoms with van der Waals surface area (Å²) in [5, 5.41) is 5.24. The van der Waals surface area contributed by atoms with Crippen LogP contribution in [-0.4, -0.2) is 7.11 Å². The molecule has 2 aromatic rings. The number of halogens is 1. The van der Waals surface area contributed by atoms with Gasteiger partial charge in [0.25, 0.3) is 0 Å². The van der Waals surface area contributed by atoms with Gasteiger partial charge in [-0.3, -0.25) is 0 Å². The number of anilines is 2. The van der Waals surface area contributed by atoms with Gasteiger partial charge in [-0.25, -0.2) is 4.39 Å². The summed E-state index contributed by atoms with van der Waals surface area (Å²) >= 11 is 1.68. The summed E-state index contributed by atoms with van der Waals surface area (Å²) < 4.78 is 18.3. The zero-order valence-electron chi connectivity index (χ0n) is 10.3. The predicted octanol–water partition coefficient (Wildman–Crippen LogP) is 3.40. The van der Waals surface area contributed by atoms with Gasteiger partial charge in [0.05, 0.1) is 18.5 Å². The van der Waals surface area contributed by atoms with E-state index in [4.69, 9.17) is 10.5 Å². The second-order valence-electron chi connectivity index (χ2n) is 3.95. The largest absolute Gasteiger partial charge is 0.494 e. The third kappa shape index (κ3) is 2.56. The van der Waals surface area contributed by atoms with Gasteiger partial charge in [-0.05, 0) is 23.9 Å². The summed E-state index contributed by atoms with van der Waals surface area (Å²) in [5.41, 5.74) is 8.06. The number of methoxy groups -OCH3 is 1. The van der Waals surface area contributed by atoms with E-state index < -0.39 is 5.82 Å². The van der Waals surface area contributed by atoms with Crippen LogP contribution in [0, 0.1) is 12.7 Å². The summed E-state index contributed by atoms with van der Waals surface area (Å²) in [7, 11) is 1.43. The van der Waals surface area contributed by atoms with Gasteiger partial charge >= 0.3 is 0 Å². The van der Waals surface area contributed by atoms with Crippen LogP contribution < -0.4 is 15.8 Å². The molecule has 0 spiro atoms. The van der Waals surface area contributed by atoms with E-state index in [2.05, 4.69) is 18.3 Å². The highest BCUT2D eigenvalue weighted by Crippen LogP contribution is 2.29. The zero-order valence-corrected chi connectivity index (χ0v) is 11.1. The third-order valence-corrected chi connectivity index (χ3v) is 3.75. The molecule has 0 unspecified atom stereocenters. The Labute approximate surface area is 109 Å². The van der Waals surface area contributed by atoms with E-state index >= 15 is 0 Å². The molecule has 0 atom stereocenters. The molecule has 3 nitrogen and oxygen atoms in total. The SMILES string of the molecule is COc1cc(NCc2sccc2C)c(N)cc1F. The summed E-state index contributed by atoms with van der Waals surface area (Å²) in [5.74, 6) is -0.262. The fourth-order valence-corrected chi connectivity index (χ4v) is 2.48. The van der Waals surface area contributed by atoms with Gasteiger partial charge in [0.2, 0.25) is 0 Å². The average Bonchev–Trinajstić information content (AvgIpc) is 2.74. The Morgan fingerprint density at radius 1 is 1.44 bits per heavy atom. The van der Waals surface area contributed by atoms with Gasteiger partial charge < -0.3 is 15.8 Å². The fraction of sp³-hybridized carbons (Fsp3) is 0.231. The van der Waals surface area contributed by atoms with Gasteiger partial charge in [0.1, 0.15) is 0 Å². The smallest absolute Gasteiger partial charge is 0.167 e. The molecule has 0 saturated carbocycles. The van der Waals surface area contributed by atoms with E-state index in [-0.39, 0.29) is 5.75 Å². The van der Waals surface area contributed by atoms with Gasteiger partial charge in [-0.15, -0.1) is 11.3 Å². The second-order valence-corrected chi connectivity index (χ2v) is 4.96. The van der Waals surface area contributed by atoms with Crippen molar-refractivity contribution in [2.45, 2.75) is 13.5 Å². The Kier molecular flexibility index (Phi) is 3.72. The van der Waals surface area contributed by atoms with Gasteiger partial charge in [-0.1, -0.05) is 0 Å². The highest BCUT2D eigenvalue weighted by Gasteiger charge is 2.08. The van der Waals surface area contributed by atoms with Crippen molar-refractivity contribution in [3.8, 4) is 5.75 Å². The van der Waals surface area contributed by atoms with Crippen LogP contribution in [0.4, 0.5) is 15.8 Å². The Balaban J connectivity index is 2.16. The molecule has 0 aliphatic heterocycles. The molecule has 96 valence electrons. The van der Waals surface area contributed by atoms with E-state index in [1.165, 1.54) is 23.6 Å². The number of rotatable bonds is 4. The van der Waals surface area contributed by atoms with E-state index in [9.17, 15) is 4.39 Å². The van der Waals surface area contributed by atoms with Crippen molar-refractivity contribution in [3.63, 3.8) is 0 Å². The van der Waals surface area contributed by atoms with E-state index in [0.717, 1.165) is 0 Å². The van der Waals surface area contributed by atoms with Gasteiger partial charge in [0.15, 0.2) is 11.6 Å². The third-order valence-electron chi connectivity index (χ3n) is 2.73. The molecule has 0 aliphatic rings. The van der Waals surface area contributed by atoms with Crippen LogP contribution in [0.5, 0.6) is 5.75 Å². The number of nitrogen functional groups attached to an aromatic ring is 1. The molecule has 0 bridgehead atoms. The predicted molar refractivity (Wildman–Crippen MR) is 73.7 cm³/mol. The van der Waals surface area contributed by atoms with Crippen molar-refractivity contribution >= 4 is 22.7 Å². The summed E-state index contributed by atoms with van der Waals surface area (Å²) in [6.45, 7) is 2.73. The summed E-state index contributed by atoms with van der Waals surface area (Å²) in [6.07, 6.45) is 0. The van der Waals surface area contributed by atoms with Crippen LogP contribution >= 0.6 is 11.3 Å². The number of thiophene rings is 1. The molecule has 0 saturated heterocycles. The van der Waals surface area contributed by atoms with E-state index in [1.54, 1.807) is 17.4 Å².